The van der Waals surface area contributed by atoms with Crippen LogP contribution in [-0.4, -0.2) is 5.78 Å². The van der Waals surface area contributed by atoms with Crippen molar-refractivity contribution in [3.63, 3.8) is 0 Å². The average molecular weight is 292 g/mol. The summed E-state index contributed by atoms with van der Waals surface area (Å²) in [7, 11) is 0. The van der Waals surface area contributed by atoms with E-state index in [9.17, 15) is 9.18 Å². The van der Waals surface area contributed by atoms with Gasteiger partial charge in [0.25, 0.3) is 0 Å². The highest BCUT2D eigenvalue weighted by atomic mass is 35.5. The third kappa shape index (κ3) is 2.99. The van der Waals surface area contributed by atoms with Gasteiger partial charge in [0, 0.05) is 10.7 Å². The van der Waals surface area contributed by atoms with Crippen LogP contribution in [0.4, 0.5) is 10.1 Å². The van der Waals surface area contributed by atoms with Crippen molar-refractivity contribution < 1.29 is 9.18 Å². The number of halogens is 2. The lowest BCUT2D eigenvalue weighted by atomic mass is 10.1. The van der Waals surface area contributed by atoms with Crippen molar-refractivity contribution in [3.05, 3.63) is 64.4 Å². The highest BCUT2D eigenvalue weighted by Gasteiger charge is 2.16. The second kappa shape index (κ2) is 6.06. The first-order valence-corrected chi connectivity index (χ1v) is 6.69. The first-order chi connectivity index (χ1) is 9.50. The maximum atomic E-state index is 13.7. The molecule has 0 spiro atoms. The zero-order chi connectivity index (χ0) is 14.7. The van der Waals surface area contributed by atoms with Crippen molar-refractivity contribution in [2.75, 3.05) is 5.32 Å². The van der Waals surface area contributed by atoms with Crippen LogP contribution < -0.4 is 5.32 Å². The summed E-state index contributed by atoms with van der Waals surface area (Å²) in [4.78, 5) is 11.6. The van der Waals surface area contributed by atoms with Crippen LogP contribution >= 0.6 is 11.6 Å². The zero-order valence-electron chi connectivity index (χ0n) is 11.3. The van der Waals surface area contributed by atoms with Crippen LogP contribution in [0.25, 0.3) is 0 Å². The summed E-state index contributed by atoms with van der Waals surface area (Å²) in [5.74, 6) is -0.828. The number of carbonyl (C=O) groups excluding carboxylic acids is 1. The summed E-state index contributed by atoms with van der Waals surface area (Å²) in [6, 6.07) is 11.8. The Morgan fingerprint density at radius 1 is 1.20 bits per heavy atom. The molecule has 0 heterocycles. The van der Waals surface area contributed by atoms with Crippen LogP contribution in [0.3, 0.4) is 0 Å². The summed E-state index contributed by atoms with van der Waals surface area (Å²) in [5, 5.41) is 3.78. The minimum absolute atomic E-state index is 0.0754. The van der Waals surface area contributed by atoms with Crippen molar-refractivity contribution in [2.24, 2.45) is 0 Å². The molecule has 0 saturated heterocycles. The van der Waals surface area contributed by atoms with E-state index in [1.807, 2.05) is 25.1 Å². The molecule has 4 heteroatoms. The van der Waals surface area contributed by atoms with Gasteiger partial charge in [-0.15, -0.1) is 0 Å². The van der Waals surface area contributed by atoms with Gasteiger partial charge in [0.1, 0.15) is 5.82 Å². The molecule has 0 fully saturated rings. The van der Waals surface area contributed by atoms with E-state index in [1.165, 1.54) is 13.0 Å². The van der Waals surface area contributed by atoms with E-state index in [1.54, 1.807) is 18.2 Å². The molecule has 0 aliphatic rings. The number of hydrogen-bond acceptors (Lipinski definition) is 2. The molecule has 2 aromatic carbocycles. The van der Waals surface area contributed by atoms with E-state index in [2.05, 4.69) is 5.32 Å². The molecule has 0 radical (unpaired) electrons. The van der Waals surface area contributed by atoms with E-state index in [-0.39, 0.29) is 17.4 Å². The molecule has 0 aliphatic heterocycles. The van der Waals surface area contributed by atoms with Crippen LogP contribution in [0.15, 0.2) is 42.5 Å². The summed E-state index contributed by atoms with van der Waals surface area (Å²) >= 11 is 6.14. The van der Waals surface area contributed by atoms with E-state index in [0.717, 1.165) is 5.56 Å². The average Bonchev–Trinajstić information content (AvgIpc) is 2.38. The molecule has 104 valence electrons. The molecule has 1 atom stereocenters. The lowest BCUT2D eigenvalue weighted by molar-refractivity contribution is 0.101. The Bertz CT molecular complexity index is 642. The number of rotatable bonds is 4. The van der Waals surface area contributed by atoms with E-state index in [4.69, 9.17) is 11.6 Å². The standard InChI is InChI=1S/C16H15ClFNO/c1-10(12-6-3-4-7-13(12)17)19-15-9-5-8-14(18)16(15)11(2)20/h3-10,19H,1-2H3. The second-order valence-corrected chi connectivity index (χ2v) is 5.01. The van der Waals surface area contributed by atoms with Crippen molar-refractivity contribution in [1.29, 1.82) is 0 Å². The van der Waals surface area contributed by atoms with Gasteiger partial charge in [0.2, 0.25) is 0 Å². The first-order valence-electron chi connectivity index (χ1n) is 6.31. The number of carbonyl (C=O) groups is 1. The summed E-state index contributed by atoms with van der Waals surface area (Å²) < 4.78 is 13.7. The summed E-state index contributed by atoms with van der Waals surface area (Å²) in [5.41, 5.74) is 1.45. The number of ketones is 1. The normalized spacial score (nSPS) is 12.0. The van der Waals surface area contributed by atoms with Gasteiger partial charge in [-0.05, 0) is 37.6 Å². The Morgan fingerprint density at radius 3 is 2.55 bits per heavy atom. The third-order valence-electron chi connectivity index (χ3n) is 3.11. The third-order valence-corrected chi connectivity index (χ3v) is 3.45. The fraction of sp³-hybridized carbons (Fsp3) is 0.188. The molecule has 1 N–H and O–H groups in total. The molecule has 2 rings (SSSR count). The van der Waals surface area contributed by atoms with Crippen LogP contribution in [0.5, 0.6) is 0 Å². The minimum atomic E-state index is -0.520. The molecular formula is C16H15ClFNO. The smallest absolute Gasteiger partial charge is 0.164 e. The molecule has 1 unspecified atom stereocenters. The van der Waals surface area contributed by atoms with Gasteiger partial charge < -0.3 is 5.32 Å². The van der Waals surface area contributed by atoms with Gasteiger partial charge in [-0.25, -0.2) is 4.39 Å². The minimum Gasteiger partial charge on any atom is -0.378 e. The van der Waals surface area contributed by atoms with Gasteiger partial charge >= 0.3 is 0 Å². The van der Waals surface area contributed by atoms with Gasteiger partial charge in [-0.2, -0.15) is 0 Å². The molecule has 0 aromatic heterocycles. The fourth-order valence-electron chi connectivity index (χ4n) is 2.14. The molecular weight excluding hydrogens is 277 g/mol. The molecule has 0 amide bonds. The highest BCUT2D eigenvalue weighted by Crippen LogP contribution is 2.28. The SMILES string of the molecule is CC(=O)c1c(F)cccc1NC(C)c1ccccc1Cl. The number of hydrogen-bond donors (Lipinski definition) is 1. The topological polar surface area (TPSA) is 29.1 Å². The van der Waals surface area contributed by atoms with E-state index >= 15 is 0 Å². The molecule has 0 saturated carbocycles. The molecule has 2 nitrogen and oxygen atoms in total. The molecule has 0 aliphatic carbocycles. The van der Waals surface area contributed by atoms with Crippen LogP contribution in [0, 0.1) is 5.82 Å². The van der Waals surface area contributed by atoms with Crippen molar-refractivity contribution in [2.45, 2.75) is 19.9 Å². The van der Waals surface area contributed by atoms with Crippen LogP contribution in [0.1, 0.15) is 35.8 Å². The van der Waals surface area contributed by atoms with Gasteiger partial charge in [0.15, 0.2) is 5.78 Å². The Kier molecular flexibility index (Phi) is 4.40. The van der Waals surface area contributed by atoms with Gasteiger partial charge in [0.05, 0.1) is 11.6 Å². The Morgan fingerprint density at radius 2 is 1.90 bits per heavy atom. The van der Waals surface area contributed by atoms with Crippen LogP contribution in [-0.2, 0) is 0 Å². The number of Topliss-reactive ketones (excluding diaryl/α,β-unsaturated/α-hetero) is 1. The molecule has 20 heavy (non-hydrogen) atoms. The fourth-order valence-corrected chi connectivity index (χ4v) is 2.44. The zero-order valence-corrected chi connectivity index (χ0v) is 12.0. The van der Waals surface area contributed by atoms with Gasteiger partial charge in [-0.3, -0.25) is 4.79 Å². The summed E-state index contributed by atoms with van der Waals surface area (Å²) in [6.07, 6.45) is 0. The first kappa shape index (κ1) is 14.5. The predicted octanol–water partition coefficient (Wildman–Crippen LogP) is 4.85. The van der Waals surface area contributed by atoms with E-state index in [0.29, 0.717) is 10.7 Å². The molecule has 0 bridgehead atoms. The number of anilines is 1. The Balaban J connectivity index is 2.33. The monoisotopic (exact) mass is 291 g/mol. The highest BCUT2D eigenvalue weighted by molar-refractivity contribution is 6.31. The van der Waals surface area contributed by atoms with Crippen molar-refractivity contribution >= 4 is 23.1 Å². The largest absolute Gasteiger partial charge is 0.378 e. The maximum absolute atomic E-state index is 13.7. The van der Waals surface area contributed by atoms with Crippen molar-refractivity contribution in [3.8, 4) is 0 Å². The Hall–Kier alpha value is -1.87. The van der Waals surface area contributed by atoms with Crippen molar-refractivity contribution in [1.82, 2.24) is 0 Å². The quantitative estimate of drug-likeness (QED) is 0.816. The maximum Gasteiger partial charge on any atom is 0.164 e. The Labute approximate surface area is 122 Å². The number of nitrogens with one attached hydrogen (secondary N) is 1. The van der Waals surface area contributed by atoms with E-state index < -0.39 is 5.82 Å². The molecule has 2 aromatic rings. The van der Waals surface area contributed by atoms with Gasteiger partial charge in [-0.1, -0.05) is 35.9 Å². The predicted molar refractivity (Wildman–Crippen MR) is 79.9 cm³/mol. The summed E-state index contributed by atoms with van der Waals surface area (Å²) in [6.45, 7) is 3.26. The van der Waals surface area contributed by atoms with Crippen LogP contribution in [0.2, 0.25) is 5.02 Å². The lowest BCUT2D eigenvalue weighted by Gasteiger charge is -2.19. The lowest BCUT2D eigenvalue weighted by Crippen LogP contribution is -2.11. The second-order valence-electron chi connectivity index (χ2n) is 4.61. The number of benzene rings is 2.